The van der Waals surface area contributed by atoms with Crippen LogP contribution in [0.5, 0.6) is 0 Å². The number of hydrogen-bond donors (Lipinski definition) is 1. The molecule has 22 heavy (non-hydrogen) atoms. The molecule has 0 radical (unpaired) electrons. The zero-order valence-electron chi connectivity index (χ0n) is 12.5. The van der Waals surface area contributed by atoms with Gasteiger partial charge in [0.25, 0.3) is 0 Å². The number of benzene rings is 1. The van der Waals surface area contributed by atoms with Gasteiger partial charge in [0.05, 0.1) is 11.9 Å². The monoisotopic (exact) mass is 333 g/mol. The SMILES string of the molecule is C[C@@H](CNS(=O)(=O)CC[C@H]1CCCO1)c1ccc(F)c(F)c1. The molecule has 0 bridgehead atoms. The molecule has 0 saturated carbocycles. The average molecular weight is 333 g/mol. The van der Waals surface area contributed by atoms with Crippen molar-refractivity contribution >= 4 is 10.0 Å². The van der Waals surface area contributed by atoms with Crippen LogP contribution in [-0.4, -0.2) is 33.4 Å². The first-order chi connectivity index (χ1) is 10.4. The van der Waals surface area contributed by atoms with E-state index in [1.165, 1.54) is 6.07 Å². The number of rotatable bonds is 7. The van der Waals surface area contributed by atoms with Crippen LogP contribution in [0, 0.1) is 11.6 Å². The smallest absolute Gasteiger partial charge is 0.211 e. The summed E-state index contributed by atoms with van der Waals surface area (Å²) in [6.07, 6.45) is 2.39. The lowest BCUT2D eigenvalue weighted by atomic mass is 10.0. The van der Waals surface area contributed by atoms with Crippen LogP contribution in [-0.2, 0) is 14.8 Å². The number of halogens is 2. The molecule has 2 rings (SSSR count). The summed E-state index contributed by atoms with van der Waals surface area (Å²) in [6, 6.07) is 3.61. The Morgan fingerprint density at radius 1 is 1.36 bits per heavy atom. The van der Waals surface area contributed by atoms with Crippen molar-refractivity contribution < 1.29 is 21.9 Å². The Labute approximate surface area is 129 Å². The van der Waals surface area contributed by atoms with Crippen LogP contribution in [0.2, 0.25) is 0 Å². The lowest BCUT2D eigenvalue weighted by Crippen LogP contribution is -2.31. The van der Waals surface area contributed by atoms with Crippen molar-refractivity contribution in [3.05, 3.63) is 35.4 Å². The molecule has 1 aliphatic rings. The summed E-state index contributed by atoms with van der Waals surface area (Å²) < 4.78 is 57.9. The number of ether oxygens (including phenoxy) is 1. The second-order valence-corrected chi connectivity index (χ2v) is 7.59. The van der Waals surface area contributed by atoms with Gasteiger partial charge in [-0.15, -0.1) is 0 Å². The molecule has 0 aliphatic carbocycles. The quantitative estimate of drug-likeness (QED) is 0.834. The topological polar surface area (TPSA) is 55.4 Å². The van der Waals surface area contributed by atoms with Crippen molar-refractivity contribution in [1.29, 1.82) is 0 Å². The summed E-state index contributed by atoms with van der Waals surface area (Å²) in [5.41, 5.74) is 0.556. The lowest BCUT2D eigenvalue weighted by Gasteiger charge is -2.15. The Morgan fingerprint density at radius 2 is 2.14 bits per heavy atom. The molecule has 1 aliphatic heterocycles. The van der Waals surface area contributed by atoms with E-state index >= 15 is 0 Å². The first kappa shape index (κ1) is 17.3. The van der Waals surface area contributed by atoms with Gasteiger partial charge in [-0.2, -0.15) is 0 Å². The van der Waals surface area contributed by atoms with Gasteiger partial charge in [0.2, 0.25) is 10.0 Å². The highest BCUT2D eigenvalue weighted by Gasteiger charge is 2.20. The summed E-state index contributed by atoms with van der Waals surface area (Å²) in [5, 5.41) is 0. The molecule has 1 saturated heterocycles. The minimum atomic E-state index is -3.39. The van der Waals surface area contributed by atoms with E-state index in [-0.39, 0.29) is 24.3 Å². The van der Waals surface area contributed by atoms with Crippen LogP contribution in [0.1, 0.15) is 37.7 Å². The largest absolute Gasteiger partial charge is 0.378 e. The van der Waals surface area contributed by atoms with Gasteiger partial charge in [-0.25, -0.2) is 21.9 Å². The van der Waals surface area contributed by atoms with Crippen molar-refractivity contribution in [2.24, 2.45) is 0 Å². The van der Waals surface area contributed by atoms with E-state index in [2.05, 4.69) is 4.72 Å². The minimum Gasteiger partial charge on any atom is -0.378 e. The second-order valence-electron chi connectivity index (χ2n) is 5.67. The van der Waals surface area contributed by atoms with Gasteiger partial charge in [-0.3, -0.25) is 0 Å². The molecule has 1 N–H and O–H groups in total. The molecule has 4 nitrogen and oxygen atoms in total. The molecule has 1 aromatic carbocycles. The predicted molar refractivity (Wildman–Crippen MR) is 80.2 cm³/mol. The van der Waals surface area contributed by atoms with Crippen LogP contribution in [0.15, 0.2) is 18.2 Å². The number of nitrogens with one attached hydrogen (secondary N) is 1. The Bertz CT molecular complexity index is 601. The Kier molecular flexibility index (Phi) is 5.88. The van der Waals surface area contributed by atoms with Crippen LogP contribution in [0.4, 0.5) is 8.78 Å². The molecular formula is C15H21F2NO3S. The maximum Gasteiger partial charge on any atom is 0.211 e. The Hall–Kier alpha value is -1.05. The van der Waals surface area contributed by atoms with Gasteiger partial charge in [-0.05, 0) is 42.9 Å². The molecule has 0 amide bonds. The fourth-order valence-corrected chi connectivity index (χ4v) is 3.64. The number of hydrogen-bond acceptors (Lipinski definition) is 3. The molecule has 2 atom stereocenters. The van der Waals surface area contributed by atoms with E-state index < -0.39 is 21.7 Å². The fraction of sp³-hybridized carbons (Fsp3) is 0.600. The van der Waals surface area contributed by atoms with Crippen molar-refractivity contribution in [2.45, 2.75) is 38.2 Å². The standard InChI is InChI=1S/C15H21F2NO3S/c1-11(12-4-5-14(16)15(17)9-12)10-18-22(19,20)8-6-13-3-2-7-21-13/h4-5,9,11,13,18H,2-3,6-8,10H2,1H3/t11-,13+/m0/s1. The van der Waals surface area contributed by atoms with Crippen LogP contribution in [0.3, 0.4) is 0 Å². The van der Waals surface area contributed by atoms with E-state index in [0.717, 1.165) is 25.0 Å². The molecule has 1 heterocycles. The van der Waals surface area contributed by atoms with Crippen molar-refractivity contribution in [2.75, 3.05) is 18.9 Å². The molecular weight excluding hydrogens is 312 g/mol. The minimum absolute atomic E-state index is 0.0160. The van der Waals surface area contributed by atoms with Crippen molar-refractivity contribution in [3.8, 4) is 0 Å². The van der Waals surface area contributed by atoms with E-state index in [1.54, 1.807) is 6.92 Å². The van der Waals surface area contributed by atoms with E-state index in [1.807, 2.05) is 0 Å². The summed E-state index contributed by atoms with van der Waals surface area (Å²) in [7, 11) is -3.39. The molecule has 0 unspecified atom stereocenters. The van der Waals surface area contributed by atoms with Gasteiger partial charge in [0.15, 0.2) is 11.6 Å². The van der Waals surface area contributed by atoms with Gasteiger partial charge >= 0.3 is 0 Å². The summed E-state index contributed by atoms with van der Waals surface area (Å²) >= 11 is 0. The maximum absolute atomic E-state index is 13.2. The molecule has 1 fully saturated rings. The Balaban J connectivity index is 1.83. The fourth-order valence-electron chi connectivity index (χ4n) is 2.42. The van der Waals surface area contributed by atoms with Crippen LogP contribution >= 0.6 is 0 Å². The first-order valence-electron chi connectivity index (χ1n) is 7.41. The summed E-state index contributed by atoms with van der Waals surface area (Å²) in [6.45, 7) is 2.61. The van der Waals surface area contributed by atoms with Crippen molar-refractivity contribution in [1.82, 2.24) is 4.72 Å². The molecule has 7 heteroatoms. The van der Waals surface area contributed by atoms with Crippen LogP contribution in [0.25, 0.3) is 0 Å². The highest BCUT2D eigenvalue weighted by atomic mass is 32.2. The third-order valence-corrected chi connectivity index (χ3v) is 5.23. The van der Waals surface area contributed by atoms with Gasteiger partial charge in [0, 0.05) is 13.2 Å². The lowest BCUT2D eigenvalue weighted by molar-refractivity contribution is 0.109. The molecule has 0 spiro atoms. The van der Waals surface area contributed by atoms with Gasteiger partial charge in [0.1, 0.15) is 0 Å². The molecule has 0 aromatic heterocycles. The highest BCUT2D eigenvalue weighted by Crippen LogP contribution is 2.18. The van der Waals surface area contributed by atoms with E-state index in [0.29, 0.717) is 18.6 Å². The van der Waals surface area contributed by atoms with Crippen LogP contribution < -0.4 is 4.72 Å². The first-order valence-corrected chi connectivity index (χ1v) is 9.06. The van der Waals surface area contributed by atoms with E-state index in [9.17, 15) is 17.2 Å². The summed E-state index contributed by atoms with van der Waals surface area (Å²) in [5.74, 6) is -2.06. The maximum atomic E-state index is 13.2. The zero-order valence-corrected chi connectivity index (χ0v) is 13.3. The zero-order chi connectivity index (χ0) is 16.2. The third-order valence-electron chi connectivity index (χ3n) is 3.85. The third kappa shape index (κ3) is 5.00. The van der Waals surface area contributed by atoms with Crippen molar-refractivity contribution in [3.63, 3.8) is 0 Å². The molecule has 124 valence electrons. The normalized spacial score (nSPS) is 20.2. The van der Waals surface area contributed by atoms with Gasteiger partial charge in [-0.1, -0.05) is 13.0 Å². The average Bonchev–Trinajstić information content (AvgIpc) is 2.99. The van der Waals surface area contributed by atoms with Gasteiger partial charge < -0.3 is 4.74 Å². The summed E-state index contributed by atoms with van der Waals surface area (Å²) in [4.78, 5) is 0. The Morgan fingerprint density at radius 3 is 2.77 bits per heavy atom. The number of sulfonamides is 1. The predicted octanol–water partition coefficient (Wildman–Crippen LogP) is 2.56. The second kappa shape index (κ2) is 7.48. The molecule has 1 aromatic rings. The van der Waals surface area contributed by atoms with E-state index in [4.69, 9.17) is 4.74 Å². The highest BCUT2D eigenvalue weighted by molar-refractivity contribution is 7.89.